The van der Waals surface area contributed by atoms with Crippen LogP contribution in [0.3, 0.4) is 0 Å². The molecule has 0 aromatic heterocycles. The van der Waals surface area contributed by atoms with E-state index in [9.17, 15) is 14.4 Å². The zero-order valence-corrected chi connectivity index (χ0v) is 13.8. The fraction of sp³-hybridized carbons (Fsp3) is 0.105. The molecule has 3 amide bonds. The number of hydrogen-bond donors (Lipinski definition) is 3. The van der Waals surface area contributed by atoms with Gasteiger partial charge >= 0.3 is 0 Å². The molecular formula is C19H19N3O3. The van der Waals surface area contributed by atoms with E-state index < -0.39 is 11.8 Å². The summed E-state index contributed by atoms with van der Waals surface area (Å²) in [5.41, 5.74) is 7.27. The van der Waals surface area contributed by atoms with E-state index in [0.717, 1.165) is 11.1 Å². The van der Waals surface area contributed by atoms with Crippen LogP contribution in [0.25, 0.3) is 6.08 Å². The number of nitrogens with two attached hydrogens (primary N) is 1. The van der Waals surface area contributed by atoms with Crippen LogP contribution >= 0.6 is 0 Å². The molecule has 0 spiro atoms. The molecule has 0 heterocycles. The highest BCUT2D eigenvalue weighted by Gasteiger charge is 2.11. The van der Waals surface area contributed by atoms with Crippen molar-refractivity contribution in [2.24, 2.45) is 5.73 Å². The van der Waals surface area contributed by atoms with Crippen molar-refractivity contribution in [2.45, 2.75) is 13.5 Å². The van der Waals surface area contributed by atoms with Crippen molar-refractivity contribution in [3.63, 3.8) is 0 Å². The van der Waals surface area contributed by atoms with Gasteiger partial charge in [-0.3, -0.25) is 14.4 Å². The van der Waals surface area contributed by atoms with Crippen LogP contribution in [0.5, 0.6) is 0 Å². The van der Waals surface area contributed by atoms with Gasteiger partial charge in [-0.2, -0.15) is 0 Å². The Hall–Kier alpha value is -3.41. The van der Waals surface area contributed by atoms with Gasteiger partial charge in [0, 0.05) is 19.0 Å². The largest absolute Gasteiger partial charge is 0.366 e. The Labute approximate surface area is 145 Å². The minimum absolute atomic E-state index is 0.143. The van der Waals surface area contributed by atoms with Crippen LogP contribution in [-0.2, 0) is 16.1 Å². The van der Waals surface area contributed by atoms with Gasteiger partial charge in [-0.05, 0) is 29.3 Å². The molecule has 128 valence electrons. The Morgan fingerprint density at radius 1 is 1.04 bits per heavy atom. The van der Waals surface area contributed by atoms with Crippen LogP contribution in [0.4, 0.5) is 0 Å². The second kappa shape index (κ2) is 8.44. The summed E-state index contributed by atoms with van der Waals surface area (Å²) in [6.45, 7) is 1.54. The lowest BCUT2D eigenvalue weighted by Crippen LogP contribution is -2.33. The summed E-state index contributed by atoms with van der Waals surface area (Å²) in [7, 11) is 0. The lowest BCUT2D eigenvalue weighted by molar-refractivity contribution is -0.122. The molecule has 0 radical (unpaired) electrons. The molecule has 25 heavy (non-hydrogen) atoms. The van der Waals surface area contributed by atoms with E-state index >= 15 is 0 Å². The fourth-order valence-electron chi connectivity index (χ4n) is 2.18. The topological polar surface area (TPSA) is 101 Å². The summed E-state index contributed by atoms with van der Waals surface area (Å²) >= 11 is 0. The van der Waals surface area contributed by atoms with E-state index in [1.807, 2.05) is 30.3 Å². The van der Waals surface area contributed by atoms with Crippen molar-refractivity contribution < 1.29 is 14.4 Å². The van der Waals surface area contributed by atoms with E-state index in [0.29, 0.717) is 5.56 Å². The highest BCUT2D eigenvalue weighted by Crippen LogP contribution is 2.07. The van der Waals surface area contributed by atoms with Gasteiger partial charge in [-0.1, -0.05) is 42.5 Å². The number of amides is 3. The first-order valence-electron chi connectivity index (χ1n) is 7.67. The molecule has 0 unspecified atom stereocenters. The highest BCUT2D eigenvalue weighted by atomic mass is 16.2. The number of rotatable bonds is 6. The van der Waals surface area contributed by atoms with Gasteiger partial charge in [-0.25, -0.2) is 0 Å². The maximum Gasteiger partial charge on any atom is 0.268 e. The van der Waals surface area contributed by atoms with Crippen molar-refractivity contribution in [2.75, 3.05) is 0 Å². The summed E-state index contributed by atoms with van der Waals surface area (Å²) in [6.07, 6.45) is 1.59. The van der Waals surface area contributed by atoms with Gasteiger partial charge in [-0.15, -0.1) is 0 Å². The predicted molar refractivity (Wildman–Crippen MR) is 95.0 cm³/mol. The van der Waals surface area contributed by atoms with Crippen LogP contribution in [0.15, 0.2) is 60.3 Å². The SMILES string of the molecule is CC(=O)N/C(=C\c1ccccc1)C(=O)NCc1cccc(C(N)=O)c1. The third-order valence-electron chi connectivity index (χ3n) is 3.33. The first kappa shape index (κ1) is 17.9. The van der Waals surface area contributed by atoms with E-state index in [1.54, 1.807) is 30.3 Å². The third-order valence-corrected chi connectivity index (χ3v) is 3.33. The van der Waals surface area contributed by atoms with Gasteiger partial charge in [0.15, 0.2) is 0 Å². The molecule has 0 aliphatic heterocycles. The van der Waals surface area contributed by atoms with Crippen LogP contribution in [0.1, 0.15) is 28.4 Å². The second-order valence-electron chi connectivity index (χ2n) is 5.40. The molecule has 0 saturated heterocycles. The molecule has 2 rings (SSSR count). The molecule has 4 N–H and O–H groups in total. The monoisotopic (exact) mass is 337 g/mol. The summed E-state index contributed by atoms with van der Waals surface area (Å²) in [5.74, 6) is -1.30. The predicted octanol–water partition coefficient (Wildman–Crippen LogP) is 1.58. The Bertz CT molecular complexity index is 814. The van der Waals surface area contributed by atoms with E-state index in [4.69, 9.17) is 5.73 Å². The number of carbonyl (C=O) groups excluding carboxylic acids is 3. The van der Waals surface area contributed by atoms with Gasteiger partial charge in [0.2, 0.25) is 11.8 Å². The fourth-order valence-corrected chi connectivity index (χ4v) is 2.18. The minimum Gasteiger partial charge on any atom is -0.366 e. The summed E-state index contributed by atoms with van der Waals surface area (Å²) < 4.78 is 0. The van der Waals surface area contributed by atoms with Gasteiger partial charge in [0.1, 0.15) is 5.70 Å². The maximum absolute atomic E-state index is 12.4. The molecular weight excluding hydrogens is 318 g/mol. The Kier molecular flexibility index (Phi) is 6.06. The van der Waals surface area contributed by atoms with Crippen molar-refractivity contribution in [3.8, 4) is 0 Å². The summed E-state index contributed by atoms with van der Waals surface area (Å²) in [4.78, 5) is 35.0. The van der Waals surface area contributed by atoms with Gasteiger partial charge in [0.05, 0.1) is 0 Å². The van der Waals surface area contributed by atoms with Crippen LogP contribution < -0.4 is 16.4 Å². The third kappa shape index (κ3) is 5.62. The van der Waals surface area contributed by atoms with Crippen LogP contribution in [-0.4, -0.2) is 17.7 Å². The van der Waals surface area contributed by atoms with E-state index in [-0.39, 0.29) is 18.1 Å². The molecule has 6 nitrogen and oxygen atoms in total. The number of primary amides is 1. The normalized spacial score (nSPS) is 10.8. The minimum atomic E-state index is -0.531. The maximum atomic E-state index is 12.4. The number of benzene rings is 2. The molecule has 0 aliphatic carbocycles. The average Bonchev–Trinajstić information content (AvgIpc) is 2.60. The number of nitrogens with one attached hydrogen (secondary N) is 2. The van der Waals surface area contributed by atoms with Crippen molar-refractivity contribution in [1.82, 2.24) is 10.6 Å². The lowest BCUT2D eigenvalue weighted by Gasteiger charge is -2.10. The standard InChI is InChI=1S/C19H19N3O3/c1-13(23)22-17(11-14-6-3-2-4-7-14)19(25)21-12-15-8-5-9-16(10-15)18(20)24/h2-11H,12H2,1H3,(H2,20,24)(H,21,25)(H,22,23)/b17-11-. The number of hydrogen-bond acceptors (Lipinski definition) is 3. The molecule has 0 saturated carbocycles. The number of carbonyl (C=O) groups is 3. The molecule has 0 fully saturated rings. The molecule has 0 aliphatic rings. The first-order valence-corrected chi connectivity index (χ1v) is 7.67. The molecule has 2 aromatic rings. The lowest BCUT2D eigenvalue weighted by atomic mass is 10.1. The Morgan fingerprint density at radius 3 is 2.40 bits per heavy atom. The summed E-state index contributed by atoms with van der Waals surface area (Å²) in [5, 5.41) is 5.25. The van der Waals surface area contributed by atoms with Crippen molar-refractivity contribution >= 4 is 23.8 Å². The van der Waals surface area contributed by atoms with E-state index in [1.165, 1.54) is 6.92 Å². The quantitative estimate of drug-likeness (QED) is 0.698. The zero-order valence-electron chi connectivity index (χ0n) is 13.8. The van der Waals surface area contributed by atoms with Crippen molar-refractivity contribution in [3.05, 3.63) is 77.0 Å². The van der Waals surface area contributed by atoms with Crippen LogP contribution in [0.2, 0.25) is 0 Å². The highest BCUT2D eigenvalue weighted by molar-refractivity contribution is 6.00. The molecule has 0 atom stereocenters. The molecule has 0 bridgehead atoms. The smallest absolute Gasteiger partial charge is 0.268 e. The van der Waals surface area contributed by atoms with Gasteiger partial charge < -0.3 is 16.4 Å². The van der Waals surface area contributed by atoms with Crippen LogP contribution in [0, 0.1) is 0 Å². The summed E-state index contributed by atoms with van der Waals surface area (Å²) in [6, 6.07) is 15.9. The van der Waals surface area contributed by atoms with E-state index in [2.05, 4.69) is 10.6 Å². The first-order chi connectivity index (χ1) is 12.0. The second-order valence-corrected chi connectivity index (χ2v) is 5.40. The Balaban J connectivity index is 2.12. The molecule has 6 heteroatoms. The zero-order chi connectivity index (χ0) is 18.2. The van der Waals surface area contributed by atoms with Gasteiger partial charge in [0.25, 0.3) is 5.91 Å². The average molecular weight is 337 g/mol. The van der Waals surface area contributed by atoms with Crippen molar-refractivity contribution in [1.29, 1.82) is 0 Å². The Morgan fingerprint density at radius 2 is 1.76 bits per heavy atom. The molecule has 2 aromatic carbocycles.